The van der Waals surface area contributed by atoms with Crippen molar-refractivity contribution in [3.8, 4) is 0 Å². The summed E-state index contributed by atoms with van der Waals surface area (Å²) in [6.07, 6.45) is 3.07. The molecule has 0 bridgehead atoms. The Labute approximate surface area is 143 Å². The van der Waals surface area contributed by atoms with Gasteiger partial charge >= 0.3 is 5.97 Å². The molecule has 0 spiro atoms. The molecule has 134 valence electrons. The van der Waals surface area contributed by atoms with Crippen LogP contribution in [0.5, 0.6) is 0 Å². The van der Waals surface area contributed by atoms with Crippen molar-refractivity contribution < 1.29 is 18.4 Å². The van der Waals surface area contributed by atoms with Gasteiger partial charge < -0.3 is 13.6 Å². The summed E-state index contributed by atoms with van der Waals surface area (Å²) in [6.45, 7) is 17.9. The first-order chi connectivity index (χ1) is 10.2. The fourth-order valence-electron chi connectivity index (χ4n) is 3.40. The highest BCUT2D eigenvalue weighted by Gasteiger charge is 2.55. The average Bonchev–Trinajstić information content (AvgIpc) is 2.59. The Kier molecular flexibility index (Phi) is 4.97. The van der Waals surface area contributed by atoms with Gasteiger partial charge in [-0.25, -0.2) is 0 Å². The Morgan fingerprint density at radius 3 is 2.30 bits per heavy atom. The molecule has 0 amide bonds. The summed E-state index contributed by atoms with van der Waals surface area (Å²) in [5.74, 6) is -0.110. The molecule has 6 heteroatoms. The van der Waals surface area contributed by atoms with E-state index in [0.29, 0.717) is 6.42 Å². The van der Waals surface area contributed by atoms with Crippen molar-refractivity contribution in [2.75, 3.05) is 0 Å². The lowest BCUT2D eigenvalue weighted by Crippen LogP contribution is -2.54. The number of carbonyl (C=O) groups is 1. The van der Waals surface area contributed by atoms with Crippen LogP contribution in [0, 0.1) is 0 Å². The van der Waals surface area contributed by atoms with E-state index in [9.17, 15) is 4.79 Å². The van der Waals surface area contributed by atoms with Gasteiger partial charge in [0.2, 0.25) is 0 Å². The lowest BCUT2D eigenvalue weighted by Gasteiger charge is -2.46. The lowest BCUT2D eigenvalue weighted by molar-refractivity contribution is -0.145. The Morgan fingerprint density at radius 1 is 1.17 bits per heavy atom. The van der Waals surface area contributed by atoms with E-state index >= 15 is 0 Å². The molecule has 2 rings (SSSR count). The first-order valence-electron chi connectivity index (χ1n) is 8.82. The molecule has 4 nitrogen and oxygen atoms in total. The van der Waals surface area contributed by atoms with Crippen LogP contribution in [0.3, 0.4) is 0 Å². The van der Waals surface area contributed by atoms with E-state index in [-0.39, 0.29) is 23.2 Å². The van der Waals surface area contributed by atoms with E-state index in [4.69, 9.17) is 13.6 Å². The molecule has 1 saturated heterocycles. The highest BCUT2D eigenvalue weighted by molar-refractivity contribution is 6.74. The monoisotopic (exact) mass is 358 g/mol. The number of carbonyl (C=O) groups excluding carboxylic acids is 1. The van der Waals surface area contributed by atoms with Crippen molar-refractivity contribution in [3.05, 3.63) is 0 Å². The molecule has 2 aliphatic rings. The van der Waals surface area contributed by atoms with Crippen molar-refractivity contribution in [1.82, 2.24) is 0 Å². The third-order valence-corrected chi connectivity index (χ3v) is 11.0. The summed E-state index contributed by atoms with van der Waals surface area (Å²) in [5, 5.41) is 0.197. The second-order valence-electron chi connectivity index (χ2n) is 9.71. The zero-order chi connectivity index (χ0) is 17.7. The van der Waals surface area contributed by atoms with Gasteiger partial charge in [-0.15, -0.1) is 0 Å². The number of hydrogen-bond donors (Lipinski definition) is 0. The van der Waals surface area contributed by atoms with E-state index in [2.05, 4.69) is 53.5 Å². The van der Waals surface area contributed by atoms with Crippen LogP contribution in [0.1, 0.15) is 46.5 Å². The number of ether oxygens (including phenoxy) is 1. The summed E-state index contributed by atoms with van der Waals surface area (Å²) >= 11 is 0. The standard InChI is InChI=1S/C17H34O4Si2/c1-16(2,3)23(7,8)20-13-9-10-17(21-22(4,5)6)12-15(18)19-14(17)11-13/h13-14H,9-12H2,1-8H3/t13-,14-,17+/m0/s1. The third kappa shape index (κ3) is 4.27. The van der Waals surface area contributed by atoms with Crippen LogP contribution in [0.4, 0.5) is 0 Å². The van der Waals surface area contributed by atoms with Gasteiger partial charge in [-0.3, -0.25) is 4.79 Å². The maximum Gasteiger partial charge on any atom is 0.309 e. The molecule has 23 heavy (non-hydrogen) atoms. The van der Waals surface area contributed by atoms with Crippen molar-refractivity contribution in [1.29, 1.82) is 0 Å². The van der Waals surface area contributed by atoms with Gasteiger partial charge in [0.1, 0.15) is 11.7 Å². The van der Waals surface area contributed by atoms with E-state index in [1.54, 1.807) is 0 Å². The van der Waals surface area contributed by atoms with Crippen molar-refractivity contribution in [3.63, 3.8) is 0 Å². The Bertz CT molecular complexity index is 464. The Balaban J connectivity index is 2.10. The molecule has 0 aromatic carbocycles. The average molecular weight is 359 g/mol. The third-order valence-electron chi connectivity index (χ3n) is 5.45. The minimum atomic E-state index is -1.80. The Morgan fingerprint density at radius 2 is 1.78 bits per heavy atom. The van der Waals surface area contributed by atoms with Crippen LogP contribution in [0.15, 0.2) is 0 Å². The molecule has 0 aromatic rings. The summed E-state index contributed by atoms with van der Waals surface area (Å²) in [7, 11) is -3.53. The van der Waals surface area contributed by atoms with Gasteiger partial charge in [-0.1, -0.05) is 20.8 Å². The quantitative estimate of drug-likeness (QED) is 0.549. The molecule has 1 aliphatic carbocycles. The van der Waals surface area contributed by atoms with Gasteiger partial charge in [0.25, 0.3) is 0 Å². The zero-order valence-corrected chi connectivity index (χ0v) is 18.1. The van der Waals surface area contributed by atoms with Crippen LogP contribution in [0.25, 0.3) is 0 Å². The first-order valence-corrected chi connectivity index (χ1v) is 15.1. The number of fused-ring (bicyclic) bond motifs is 1. The fraction of sp³-hybridized carbons (Fsp3) is 0.941. The van der Waals surface area contributed by atoms with Crippen LogP contribution >= 0.6 is 0 Å². The van der Waals surface area contributed by atoms with Crippen LogP contribution < -0.4 is 0 Å². The molecular formula is C17H34O4Si2. The SMILES string of the molecule is CC(C)(C)[Si](C)(C)O[C@H]1CC[C@@]2(O[Si](C)(C)C)CC(=O)O[C@H]2C1. The van der Waals surface area contributed by atoms with Crippen LogP contribution in [-0.4, -0.2) is 40.4 Å². The number of esters is 1. The van der Waals surface area contributed by atoms with Gasteiger partial charge in [-0.2, -0.15) is 0 Å². The summed E-state index contributed by atoms with van der Waals surface area (Å²) in [4.78, 5) is 11.9. The molecule has 0 unspecified atom stereocenters. The molecule has 2 fully saturated rings. The van der Waals surface area contributed by atoms with Gasteiger partial charge in [-0.05, 0) is 50.6 Å². The highest BCUT2D eigenvalue weighted by atomic mass is 28.4. The van der Waals surface area contributed by atoms with Gasteiger partial charge in [0.15, 0.2) is 16.6 Å². The summed E-state index contributed by atoms with van der Waals surface area (Å²) < 4.78 is 18.7. The maximum absolute atomic E-state index is 11.9. The van der Waals surface area contributed by atoms with Crippen LogP contribution in [-0.2, 0) is 18.4 Å². The maximum atomic E-state index is 11.9. The predicted octanol–water partition coefficient (Wildman–Crippen LogP) is 4.47. The zero-order valence-electron chi connectivity index (χ0n) is 16.1. The van der Waals surface area contributed by atoms with E-state index in [1.165, 1.54) is 0 Å². The molecule has 3 atom stereocenters. The summed E-state index contributed by atoms with van der Waals surface area (Å²) in [6, 6.07) is 0. The normalized spacial score (nSPS) is 32.6. The largest absolute Gasteiger partial charge is 0.459 e. The van der Waals surface area contributed by atoms with Crippen molar-refractivity contribution >= 4 is 22.6 Å². The van der Waals surface area contributed by atoms with Gasteiger partial charge in [0.05, 0.1) is 6.42 Å². The number of rotatable bonds is 4. The van der Waals surface area contributed by atoms with E-state index < -0.39 is 22.2 Å². The smallest absolute Gasteiger partial charge is 0.309 e. The topological polar surface area (TPSA) is 44.8 Å². The second kappa shape index (κ2) is 5.97. The minimum absolute atomic E-state index is 0.110. The number of hydrogen-bond acceptors (Lipinski definition) is 4. The van der Waals surface area contributed by atoms with Crippen molar-refractivity contribution in [2.24, 2.45) is 0 Å². The molecule has 0 N–H and O–H groups in total. The Hall–Kier alpha value is -0.176. The van der Waals surface area contributed by atoms with E-state index in [1.807, 2.05) is 0 Å². The van der Waals surface area contributed by atoms with Crippen LogP contribution in [0.2, 0.25) is 37.8 Å². The van der Waals surface area contributed by atoms with E-state index in [0.717, 1.165) is 19.3 Å². The highest BCUT2D eigenvalue weighted by Crippen LogP contribution is 2.46. The molecule has 0 aromatic heterocycles. The summed E-state index contributed by atoms with van der Waals surface area (Å²) in [5.41, 5.74) is -0.394. The van der Waals surface area contributed by atoms with Gasteiger partial charge in [0, 0.05) is 12.5 Å². The lowest BCUT2D eigenvalue weighted by atomic mass is 9.80. The molecule has 1 saturated carbocycles. The molecule has 1 heterocycles. The molecule has 1 aliphatic heterocycles. The predicted molar refractivity (Wildman–Crippen MR) is 97.6 cm³/mol. The fourth-order valence-corrected chi connectivity index (χ4v) is 6.33. The minimum Gasteiger partial charge on any atom is -0.459 e. The molecule has 0 radical (unpaired) electrons. The van der Waals surface area contributed by atoms with Crippen molar-refractivity contribution in [2.45, 2.75) is 102 Å². The second-order valence-corrected chi connectivity index (χ2v) is 18.9. The first kappa shape index (κ1) is 19.2. The molecular weight excluding hydrogens is 324 g/mol.